The predicted molar refractivity (Wildman–Crippen MR) is 126 cm³/mol. The smallest absolute Gasteiger partial charge is 0.262 e. The Morgan fingerprint density at radius 2 is 1.74 bits per heavy atom. The van der Waals surface area contributed by atoms with Crippen LogP contribution in [0.2, 0.25) is 0 Å². The molecule has 1 aliphatic rings. The highest BCUT2D eigenvalue weighted by atomic mass is 32.2. The van der Waals surface area contributed by atoms with Crippen molar-refractivity contribution in [3.8, 4) is 5.75 Å². The van der Waals surface area contributed by atoms with E-state index in [4.69, 9.17) is 17.0 Å². The lowest BCUT2D eigenvalue weighted by Crippen LogP contribution is -2.37. The molecule has 166 valence electrons. The number of hydrogen-bond acceptors (Lipinski definition) is 5. The fourth-order valence-corrected chi connectivity index (χ4v) is 5.08. The van der Waals surface area contributed by atoms with Gasteiger partial charge in [0, 0.05) is 17.3 Å². The van der Waals surface area contributed by atoms with Crippen LogP contribution in [0.25, 0.3) is 0 Å². The second-order valence-electron chi connectivity index (χ2n) is 7.47. The lowest BCUT2D eigenvalue weighted by molar-refractivity contribution is -0.123. The summed E-state index contributed by atoms with van der Waals surface area (Å²) < 4.78 is 33.9. The molecular formula is C22H27N3O4S2. The van der Waals surface area contributed by atoms with E-state index in [-0.39, 0.29) is 21.8 Å². The van der Waals surface area contributed by atoms with Gasteiger partial charge in [0.25, 0.3) is 10.0 Å². The standard InChI is InChI=1S/C22H27N3O4S2/c1-3-29-19-12-10-17(11-13-19)25-31(27,28)20-14-18(9-8-15(20)2)23-22(30)24-21(26)16-6-4-5-7-16/h8-14,16,25H,3-7H2,1-2H3,(H2,23,24,26,30). The Labute approximate surface area is 188 Å². The molecule has 0 heterocycles. The highest BCUT2D eigenvalue weighted by molar-refractivity contribution is 7.92. The summed E-state index contributed by atoms with van der Waals surface area (Å²) in [5, 5.41) is 5.77. The minimum Gasteiger partial charge on any atom is -0.494 e. The molecular weight excluding hydrogens is 434 g/mol. The van der Waals surface area contributed by atoms with E-state index in [0.29, 0.717) is 29.3 Å². The van der Waals surface area contributed by atoms with Crippen molar-refractivity contribution in [2.75, 3.05) is 16.6 Å². The molecule has 0 saturated heterocycles. The number of nitrogens with one attached hydrogen (secondary N) is 3. The molecule has 0 bridgehead atoms. The first kappa shape index (κ1) is 23.0. The molecule has 7 nitrogen and oxygen atoms in total. The summed E-state index contributed by atoms with van der Waals surface area (Å²) in [6, 6.07) is 11.6. The van der Waals surface area contributed by atoms with Crippen molar-refractivity contribution in [2.45, 2.75) is 44.4 Å². The normalized spacial score (nSPS) is 14.1. The van der Waals surface area contributed by atoms with E-state index in [2.05, 4.69) is 15.4 Å². The number of amides is 1. The number of aryl methyl sites for hydroxylation is 1. The Hall–Kier alpha value is -2.65. The zero-order valence-corrected chi connectivity index (χ0v) is 19.2. The maximum absolute atomic E-state index is 13.0. The van der Waals surface area contributed by atoms with Gasteiger partial charge in [0.15, 0.2) is 5.11 Å². The Morgan fingerprint density at radius 1 is 1.10 bits per heavy atom. The number of rotatable bonds is 7. The molecule has 3 rings (SSSR count). The number of carbonyl (C=O) groups excluding carboxylic acids is 1. The van der Waals surface area contributed by atoms with Crippen LogP contribution in [0.1, 0.15) is 38.2 Å². The lowest BCUT2D eigenvalue weighted by Gasteiger charge is -2.15. The lowest BCUT2D eigenvalue weighted by atomic mass is 10.1. The number of ether oxygens (including phenoxy) is 1. The predicted octanol–water partition coefficient (Wildman–Crippen LogP) is 4.20. The second-order valence-corrected chi connectivity index (χ2v) is 9.53. The summed E-state index contributed by atoms with van der Waals surface area (Å²) in [5.74, 6) is 0.570. The van der Waals surface area contributed by atoms with Crippen LogP contribution >= 0.6 is 12.2 Å². The highest BCUT2D eigenvalue weighted by Crippen LogP contribution is 2.26. The summed E-state index contributed by atoms with van der Waals surface area (Å²) in [6.45, 7) is 4.13. The van der Waals surface area contributed by atoms with Crippen LogP contribution in [-0.2, 0) is 14.8 Å². The van der Waals surface area contributed by atoms with Crippen LogP contribution in [-0.4, -0.2) is 26.0 Å². The number of sulfonamides is 1. The maximum Gasteiger partial charge on any atom is 0.262 e. The van der Waals surface area contributed by atoms with E-state index in [0.717, 1.165) is 25.7 Å². The quantitative estimate of drug-likeness (QED) is 0.535. The summed E-state index contributed by atoms with van der Waals surface area (Å²) in [6.07, 6.45) is 3.86. The van der Waals surface area contributed by atoms with Crippen molar-refractivity contribution >= 4 is 44.6 Å². The van der Waals surface area contributed by atoms with Gasteiger partial charge in [-0.1, -0.05) is 18.9 Å². The number of hydrogen-bond donors (Lipinski definition) is 3. The first-order valence-electron chi connectivity index (χ1n) is 10.3. The summed E-state index contributed by atoms with van der Waals surface area (Å²) in [5.41, 5.74) is 1.50. The molecule has 2 aromatic rings. The Bertz CT molecular complexity index is 1050. The average Bonchev–Trinajstić information content (AvgIpc) is 3.26. The van der Waals surface area contributed by atoms with Crippen LogP contribution < -0.4 is 20.1 Å². The van der Waals surface area contributed by atoms with E-state index in [1.165, 1.54) is 6.07 Å². The first-order chi connectivity index (χ1) is 14.8. The fourth-order valence-electron chi connectivity index (χ4n) is 3.53. The zero-order valence-electron chi connectivity index (χ0n) is 17.6. The van der Waals surface area contributed by atoms with E-state index in [9.17, 15) is 13.2 Å². The molecule has 2 aromatic carbocycles. The van der Waals surface area contributed by atoms with Crippen molar-refractivity contribution in [3.63, 3.8) is 0 Å². The van der Waals surface area contributed by atoms with Crippen molar-refractivity contribution in [1.82, 2.24) is 5.32 Å². The van der Waals surface area contributed by atoms with Crippen molar-refractivity contribution in [1.29, 1.82) is 0 Å². The molecule has 31 heavy (non-hydrogen) atoms. The molecule has 0 radical (unpaired) electrons. The van der Waals surface area contributed by atoms with Crippen LogP contribution in [0.5, 0.6) is 5.75 Å². The third-order valence-corrected chi connectivity index (χ3v) is 6.84. The molecule has 0 atom stereocenters. The number of carbonyl (C=O) groups is 1. The molecule has 1 aliphatic carbocycles. The van der Waals surface area contributed by atoms with Gasteiger partial charge in [-0.05, 0) is 80.9 Å². The van der Waals surface area contributed by atoms with Gasteiger partial charge in [0.2, 0.25) is 5.91 Å². The van der Waals surface area contributed by atoms with E-state index >= 15 is 0 Å². The topological polar surface area (TPSA) is 96.5 Å². The highest BCUT2D eigenvalue weighted by Gasteiger charge is 2.23. The van der Waals surface area contributed by atoms with Crippen molar-refractivity contribution in [3.05, 3.63) is 48.0 Å². The minimum absolute atomic E-state index is 0.00739. The summed E-state index contributed by atoms with van der Waals surface area (Å²) in [7, 11) is -3.82. The second kappa shape index (κ2) is 10.1. The largest absolute Gasteiger partial charge is 0.494 e. The van der Waals surface area contributed by atoms with Gasteiger partial charge in [-0.2, -0.15) is 0 Å². The molecule has 3 N–H and O–H groups in total. The Balaban J connectivity index is 1.70. The van der Waals surface area contributed by atoms with Crippen LogP contribution in [0.15, 0.2) is 47.4 Å². The molecule has 0 aromatic heterocycles. The average molecular weight is 462 g/mol. The van der Waals surface area contributed by atoms with Crippen molar-refractivity contribution in [2.24, 2.45) is 5.92 Å². The fraction of sp³-hybridized carbons (Fsp3) is 0.364. The maximum atomic E-state index is 13.0. The van der Waals surface area contributed by atoms with E-state index in [1.807, 2.05) is 6.92 Å². The molecule has 0 unspecified atom stereocenters. The first-order valence-corrected chi connectivity index (χ1v) is 12.2. The number of benzene rings is 2. The van der Waals surface area contributed by atoms with Gasteiger partial charge in [-0.15, -0.1) is 0 Å². The van der Waals surface area contributed by atoms with Crippen molar-refractivity contribution < 1.29 is 17.9 Å². The summed E-state index contributed by atoms with van der Waals surface area (Å²) in [4.78, 5) is 12.4. The zero-order chi connectivity index (χ0) is 22.4. The Kier molecular flexibility index (Phi) is 7.50. The SMILES string of the molecule is CCOc1ccc(NS(=O)(=O)c2cc(NC(=S)NC(=O)C3CCCC3)ccc2C)cc1. The van der Waals surface area contributed by atoms with Gasteiger partial charge in [0.05, 0.1) is 11.5 Å². The number of anilines is 2. The minimum atomic E-state index is -3.82. The molecule has 1 saturated carbocycles. The molecule has 0 aliphatic heterocycles. The van der Waals surface area contributed by atoms with Gasteiger partial charge in [-0.25, -0.2) is 8.42 Å². The van der Waals surface area contributed by atoms with Crippen LogP contribution in [0.4, 0.5) is 11.4 Å². The summed E-state index contributed by atoms with van der Waals surface area (Å²) >= 11 is 5.24. The van der Waals surface area contributed by atoms with Crippen LogP contribution in [0.3, 0.4) is 0 Å². The van der Waals surface area contributed by atoms with Crippen LogP contribution in [0, 0.1) is 12.8 Å². The Morgan fingerprint density at radius 3 is 2.39 bits per heavy atom. The molecule has 0 spiro atoms. The van der Waals surface area contributed by atoms with E-state index < -0.39 is 10.0 Å². The monoisotopic (exact) mass is 461 g/mol. The van der Waals surface area contributed by atoms with Gasteiger partial charge in [0.1, 0.15) is 5.75 Å². The van der Waals surface area contributed by atoms with Gasteiger partial charge >= 0.3 is 0 Å². The van der Waals surface area contributed by atoms with Gasteiger partial charge in [-0.3, -0.25) is 9.52 Å². The van der Waals surface area contributed by atoms with E-state index in [1.54, 1.807) is 43.3 Å². The molecule has 9 heteroatoms. The third-order valence-electron chi connectivity index (χ3n) is 5.12. The van der Waals surface area contributed by atoms with Gasteiger partial charge < -0.3 is 15.4 Å². The molecule has 1 amide bonds. The number of thiocarbonyl (C=S) groups is 1. The molecule has 1 fully saturated rings. The third kappa shape index (κ3) is 6.18.